The highest BCUT2D eigenvalue weighted by molar-refractivity contribution is 5.36. The Bertz CT molecular complexity index is 686. The van der Waals surface area contributed by atoms with Crippen LogP contribution in [0.15, 0.2) is 35.5 Å². The van der Waals surface area contributed by atoms with Crippen LogP contribution in [-0.4, -0.2) is 33.1 Å². The van der Waals surface area contributed by atoms with E-state index in [0.29, 0.717) is 18.3 Å². The van der Waals surface area contributed by atoms with E-state index in [9.17, 15) is 15.3 Å². The summed E-state index contributed by atoms with van der Waals surface area (Å²) in [4.78, 5) is 0. The molecule has 0 spiro atoms. The maximum absolute atomic E-state index is 11.5. The molecular weight excluding hydrogens is 372 g/mol. The molecule has 3 aliphatic carbocycles. The molecule has 0 amide bonds. The molecule has 0 heterocycles. The Kier molecular flexibility index (Phi) is 7.37. The van der Waals surface area contributed by atoms with Crippen LogP contribution in [0.4, 0.5) is 0 Å². The van der Waals surface area contributed by atoms with Gasteiger partial charge in [0.1, 0.15) is 0 Å². The van der Waals surface area contributed by atoms with E-state index in [2.05, 4.69) is 39.5 Å². The van der Waals surface area contributed by atoms with E-state index in [-0.39, 0.29) is 17.4 Å². The standard InChI is InChI=1S/C27H44O3/c1-18(2)15-23(29)17-27(5,30)25-13-12-24-20(7-6-14-26(24,25)4)9-10-21-16-22(28)11-8-19(21)3/h9-10,18,22-25,28-30H,3,6-8,11-17H2,1-2,4-5H3. The normalized spacial score (nSPS) is 38.1. The molecular formula is C27H44O3. The molecule has 0 aromatic rings. The second-order valence-corrected chi connectivity index (χ2v) is 11.3. The minimum Gasteiger partial charge on any atom is -0.393 e. The fourth-order valence-electron chi connectivity index (χ4n) is 6.90. The average molecular weight is 417 g/mol. The lowest BCUT2D eigenvalue weighted by Gasteiger charge is -2.47. The van der Waals surface area contributed by atoms with Crippen LogP contribution >= 0.6 is 0 Å². The zero-order valence-electron chi connectivity index (χ0n) is 19.7. The van der Waals surface area contributed by atoms with Crippen molar-refractivity contribution >= 4 is 0 Å². The Hall–Kier alpha value is -0.900. The molecule has 3 fully saturated rings. The van der Waals surface area contributed by atoms with Gasteiger partial charge in [0.05, 0.1) is 17.8 Å². The van der Waals surface area contributed by atoms with Crippen LogP contribution in [-0.2, 0) is 0 Å². The number of aliphatic hydroxyl groups is 3. The molecule has 0 radical (unpaired) electrons. The van der Waals surface area contributed by atoms with Gasteiger partial charge in [0.25, 0.3) is 0 Å². The third kappa shape index (κ3) is 5.11. The van der Waals surface area contributed by atoms with Crippen molar-refractivity contribution in [3.05, 3.63) is 35.5 Å². The highest BCUT2D eigenvalue weighted by Gasteiger charge is 2.55. The average Bonchev–Trinajstić information content (AvgIpc) is 2.99. The molecule has 30 heavy (non-hydrogen) atoms. The molecule has 0 saturated heterocycles. The lowest BCUT2D eigenvalue weighted by atomic mass is 9.59. The van der Waals surface area contributed by atoms with Crippen molar-refractivity contribution in [2.24, 2.45) is 23.2 Å². The summed E-state index contributed by atoms with van der Waals surface area (Å²) in [7, 11) is 0. The molecule has 0 aliphatic heterocycles. The summed E-state index contributed by atoms with van der Waals surface area (Å²) < 4.78 is 0. The van der Waals surface area contributed by atoms with E-state index in [1.54, 1.807) is 0 Å². The Morgan fingerprint density at radius 1 is 1.20 bits per heavy atom. The molecule has 6 atom stereocenters. The quantitative estimate of drug-likeness (QED) is 0.520. The molecule has 3 aliphatic rings. The van der Waals surface area contributed by atoms with Gasteiger partial charge < -0.3 is 15.3 Å². The van der Waals surface area contributed by atoms with Gasteiger partial charge >= 0.3 is 0 Å². The van der Waals surface area contributed by atoms with Crippen LogP contribution in [0, 0.1) is 23.2 Å². The zero-order valence-corrected chi connectivity index (χ0v) is 19.7. The Labute approximate surface area is 184 Å². The molecule has 170 valence electrons. The van der Waals surface area contributed by atoms with Gasteiger partial charge in [-0.1, -0.05) is 50.6 Å². The molecule has 3 heteroatoms. The largest absolute Gasteiger partial charge is 0.393 e. The molecule has 3 rings (SSSR count). The van der Waals surface area contributed by atoms with Crippen molar-refractivity contribution in [3.8, 4) is 0 Å². The van der Waals surface area contributed by atoms with E-state index in [1.807, 2.05) is 6.92 Å². The number of rotatable bonds is 6. The molecule has 3 N–H and O–H groups in total. The molecule has 3 nitrogen and oxygen atoms in total. The van der Waals surface area contributed by atoms with Crippen molar-refractivity contribution in [1.82, 2.24) is 0 Å². The first-order valence-corrected chi connectivity index (χ1v) is 12.2. The van der Waals surface area contributed by atoms with Gasteiger partial charge in [-0.05, 0) is 93.5 Å². The lowest BCUT2D eigenvalue weighted by molar-refractivity contribution is -0.0867. The maximum atomic E-state index is 11.5. The van der Waals surface area contributed by atoms with Gasteiger partial charge in [-0.3, -0.25) is 0 Å². The third-order valence-corrected chi connectivity index (χ3v) is 8.30. The second kappa shape index (κ2) is 9.30. The minimum absolute atomic E-state index is 0.0900. The van der Waals surface area contributed by atoms with Gasteiger partial charge in [0.2, 0.25) is 0 Å². The number of hydrogen-bond acceptors (Lipinski definition) is 3. The summed E-state index contributed by atoms with van der Waals surface area (Å²) in [5.74, 6) is 1.16. The Morgan fingerprint density at radius 3 is 2.63 bits per heavy atom. The first-order chi connectivity index (χ1) is 14.0. The van der Waals surface area contributed by atoms with Crippen molar-refractivity contribution in [3.63, 3.8) is 0 Å². The predicted molar refractivity (Wildman–Crippen MR) is 124 cm³/mol. The van der Waals surface area contributed by atoms with Crippen LogP contribution < -0.4 is 0 Å². The highest BCUT2D eigenvalue weighted by atomic mass is 16.3. The predicted octanol–water partition coefficient (Wildman–Crippen LogP) is 5.70. The van der Waals surface area contributed by atoms with Crippen molar-refractivity contribution < 1.29 is 15.3 Å². The Morgan fingerprint density at radius 2 is 1.93 bits per heavy atom. The molecule has 6 unspecified atom stereocenters. The first kappa shape index (κ1) is 23.8. The summed E-state index contributed by atoms with van der Waals surface area (Å²) in [5.41, 5.74) is 3.13. The first-order valence-electron chi connectivity index (χ1n) is 12.2. The molecule has 0 bridgehead atoms. The maximum Gasteiger partial charge on any atom is 0.0677 e. The monoisotopic (exact) mass is 416 g/mol. The van der Waals surface area contributed by atoms with Crippen LogP contribution in [0.2, 0.25) is 0 Å². The Balaban J connectivity index is 1.77. The van der Waals surface area contributed by atoms with Crippen LogP contribution in [0.1, 0.15) is 91.9 Å². The van der Waals surface area contributed by atoms with Crippen molar-refractivity contribution in [2.75, 3.05) is 0 Å². The summed E-state index contributed by atoms with van der Waals surface area (Å²) in [6.45, 7) is 12.8. The van der Waals surface area contributed by atoms with Crippen LogP contribution in [0.5, 0.6) is 0 Å². The van der Waals surface area contributed by atoms with Crippen molar-refractivity contribution in [1.29, 1.82) is 0 Å². The summed E-state index contributed by atoms with van der Waals surface area (Å²) in [6, 6.07) is 0. The molecule has 3 saturated carbocycles. The number of allylic oxidation sites excluding steroid dienone is 4. The summed E-state index contributed by atoms with van der Waals surface area (Å²) in [5, 5.41) is 32.0. The SMILES string of the molecule is C=C1CCC(O)CC1=CC=C1CCCC2(C)C1CCC2C(C)(O)CC(O)CC(C)C. The molecule has 0 aromatic carbocycles. The topological polar surface area (TPSA) is 60.7 Å². The minimum atomic E-state index is -0.833. The fraction of sp³-hybridized carbons (Fsp3) is 0.778. The van der Waals surface area contributed by atoms with E-state index < -0.39 is 11.7 Å². The zero-order chi connectivity index (χ0) is 22.1. The van der Waals surface area contributed by atoms with Crippen LogP contribution in [0.3, 0.4) is 0 Å². The second-order valence-electron chi connectivity index (χ2n) is 11.3. The van der Waals surface area contributed by atoms with Crippen molar-refractivity contribution in [2.45, 2.75) is 110 Å². The molecule has 0 aromatic heterocycles. The smallest absolute Gasteiger partial charge is 0.0677 e. The van der Waals surface area contributed by atoms with Gasteiger partial charge in [0, 0.05) is 6.42 Å². The van der Waals surface area contributed by atoms with E-state index in [0.717, 1.165) is 57.8 Å². The lowest BCUT2D eigenvalue weighted by Crippen LogP contribution is -2.47. The van der Waals surface area contributed by atoms with Gasteiger partial charge in [-0.15, -0.1) is 0 Å². The highest BCUT2D eigenvalue weighted by Crippen LogP contribution is 2.60. The number of hydrogen-bond donors (Lipinski definition) is 3. The van der Waals surface area contributed by atoms with Gasteiger partial charge in [-0.2, -0.15) is 0 Å². The summed E-state index contributed by atoms with van der Waals surface area (Å²) >= 11 is 0. The summed E-state index contributed by atoms with van der Waals surface area (Å²) in [6.07, 6.45) is 13.1. The van der Waals surface area contributed by atoms with E-state index >= 15 is 0 Å². The van der Waals surface area contributed by atoms with E-state index in [1.165, 1.54) is 16.7 Å². The fourth-order valence-corrected chi connectivity index (χ4v) is 6.90. The number of fused-ring (bicyclic) bond motifs is 1. The van der Waals surface area contributed by atoms with Gasteiger partial charge in [-0.25, -0.2) is 0 Å². The van der Waals surface area contributed by atoms with E-state index in [4.69, 9.17) is 0 Å². The number of aliphatic hydroxyl groups excluding tert-OH is 2. The van der Waals surface area contributed by atoms with Crippen LogP contribution in [0.25, 0.3) is 0 Å². The third-order valence-electron chi connectivity index (χ3n) is 8.30. The van der Waals surface area contributed by atoms with Gasteiger partial charge in [0.15, 0.2) is 0 Å².